The van der Waals surface area contributed by atoms with Crippen molar-refractivity contribution >= 4 is 16.9 Å². The summed E-state index contributed by atoms with van der Waals surface area (Å²) in [6.07, 6.45) is 0.511. The van der Waals surface area contributed by atoms with Crippen molar-refractivity contribution in [1.29, 1.82) is 0 Å². The second-order valence-electron chi connectivity index (χ2n) is 9.51. The number of para-hydroxylation sites is 2. The molecule has 0 aliphatic heterocycles. The Morgan fingerprint density at radius 1 is 1.16 bits per heavy atom. The maximum atomic E-state index is 13.4. The minimum absolute atomic E-state index is 0.0305. The fraction of sp³-hybridized carbons (Fsp3) is 0.321. The van der Waals surface area contributed by atoms with Crippen LogP contribution < -0.4 is 15.5 Å². The minimum Gasteiger partial charge on any atom is -0.504 e. The molecule has 2 heterocycles. The van der Waals surface area contributed by atoms with Crippen molar-refractivity contribution in [2.75, 3.05) is 7.11 Å². The molecule has 2 aromatic heterocycles. The van der Waals surface area contributed by atoms with Gasteiger partial charge < -0.3 is 29.7 Å². The summed E-state index contributed by atoms with van der Waals surface area (Å²) in [6.45, 7) is 5.72. The number of aryl methyl sites for hydroxylation is 1. The van der Waals surface area contributed by atoms with E-state index in [0.29, 0.717) is 23.6 Å². The van der Waals surface area contributed by atoms with Gasteiger partial charge in [0, 0.05) is 12.5 Å². The average Bonchev–Trinajstić information content (AvgIpc) is 3.29. The fourth-order valence-corrected chi connectivity index (χ4v) is 4.42. The molecule has 4 N–H and O–H groups in total. The number of nitrogens with one attached hydrogen (secondary N) is 2. The molecule has 37 heavy (non-hydrogen) atoms. The highest BCUT2D eigenvalue weighted by Gasteiger charge is 2.28. The molecule has 4 aromatic rings. The molecule has 2 aromatic carbocycles. The zero-order chi connectivity index (χ0) is 26.7. The summed E-state index contributed by atoms with van der Waals surface area (Å²) in [5.74, 6) is -0.407. The van der Waals surface area contributed by atoms with Crippen LogP contribution in [0, 0.1) is 12.8 Å². The molecule has 0 spiro atoms. The highest BCUT2D eigenvalue weighted by molar-refractivity contribution is 5.79. The third kappa shape index (κ3) is 5.77. The summed E-state index contributed by atoms with van der Waals surface area (Å²) in [7, 11) is 1.41. The van der Waals surface area contributed by atoms with Crippen LogP contribution in [-0.2, 0) is 4.79 Å². The highest BCUT2D eigenvalue weighted by atomic mass is 16.5. The molecule has 1 amide bonds. The Balaban J connectivity index is 1.69. The Labute approximate surface area is 214 Å². The van der Waals surface area contributed by atoms with Gasteiger partial charge >= 0.3 is 0 Å². The number of rotatable bonds is 9. The molecule has 0 aliphatic rings. The number of aromatic amines is 1. The Morgan fingerprint density at radius 3 is 2.62 bits per heavy atom. The second-order valence-corrected chi connectivity index (χ2v) is 9.51. The maximum Gasteiger partial charge on any atom is 0.227 e. The lowest BCUT2D eigenvalue weighted by Crippen LogP contribution is -2.31. The van der Waals surface area contributed by atoms with Gasteiger partial charge in [0.2, 0.25) is 17.1 Å². The smallest absolute Gasteiger partial charge is 0.227 e. The van der Waals surface area contributed by atoms with Gasteiger partial charge in [-0.2, -0.15) is 0 Å². The van der Waals surface area contributed by atoms with Gasteiger partial charge in [0.1, 0.15) is 11.6 Å². The zero-order valence-corrected chi connectivity index (χ0v) is 21.2. The first-order valence-corrected chi connectivity index (χ1v) is 12.1. The van der Waals surface area contributed by atoms with E-state index < -0.39 is 17.1 Å². The van der Waals surface area contributed by atoms with Crippen molar-refractivity contribution in [1.82, 2.24) is 15.3 Å². The van der Waals surface area contributed by atoms with Crippen LogP contribution in [0.15, 0.2) is 57.7 Å². The number of phenolic OH excluding ortho intramolecular Hbond substituents is 1. The number of imidazole rings is 1. The molecular formula is C28H31N3O6. The second kappa shape index (κ2) is 10.8. The number of H-pyrrole nitrogens is 1. The molecule has 0 radical (unpaired) electrons. The third-order valence-electron chi connectivity index (χ3n) is 6.16. The molecule has 0 aliphatic carbocycles. The van der Waals surface area contributed by atoms with E-state index in [1.807, 2.05) is 24.3 Å². The van der Waals surface area contributed by atoms with Gasteiger partial charge in [0.05, 0.1) is 30.1 Å². The number of aromatic hydroxyl groups is 2. The zero-order valence-electron chi connectivity index (χ0n) is 21.2. The summed E-state index contributed by atoms with van der Waals surface area (Å²) >= 11 is 0. The Morgan fingerprint density at radius 2 is 1.92 bits per heavy atom. The summed E-state index contributed by atoms with van der Waals surface area (Å²) in [5.41, 5.74) is 1.61. The number of phenols is 1. The van der Waals surface area contributed by atoms with Gasteiger partial charge in [-0.15, -0.1) is 0 Å². The van der Waals surface area contributed by atoms with Crippen LogP contribution in [0.5, 0.6) is 17.2 Å². The molecule has 1 unspecified atom stereocenters. The highest BCUT2D eigenvalue weighted by Crippen LogP contribution is 2.37. The number of benzene rings is 2. The van der Waals surface area contributed by atoms with Crippen molar-refractivity contribution in [2.24, 2.45) is 5.92 Å². The lowest BCUT2D eigenvalue weighted by atomic mass is 9.91. The van der Waals surface area contributed by atoms with Crippen LogP contribution in [0.25, 0.3) is 11.0 Å². The number of fused-ring (bicyclic) bond motifs is 1. The van der Waals surface area contributed by atoms with E-state index >= 15 is 0 Å². The van der Waals surface area contributed by atoms with Gasteiger partial charge in [0.15, 0.2) is 17.3 Å². The monoisotopic (exact) mass is 505 g/mol. The van der Waals surface area contributed by atoms with Crippen molar-refractivity contribution in [3.05, 3.63) is 81.7 Å². The SMILES string of the molecule is COc1cc(C(CC(=O)N[C@@H](CC(C)C)c2nc3ccccc3[nH]2)c2oc(C)cc(=O)c2O)ccc1O. The van der Waals surface area contributed by atoms with Crippen molar-refractivity contribution in [3.8, 4) is 17.2 Å². The van der Waals surface area contributed by atoms with E-state index in [9.17, 15) is 19.8 Å². The summed E-state index contributed by atoms with van der Waals surface area (Å²) < 4.78 is 11.0. The number of hydrogen-bond acceptors (Lipinski definition) is 7. The van der Waals surface area contributed by atoms with E-state index in [0.717, 1.165) is 11.0 Å². The molecule has 9 heteroatoms. The van der Waals surface area contributed by atoms with Crippen LogP contribution in [0.4, 0.5) is 0 Å². The molecule has 0 fully saturated rings. The van der Waals surface area contributed by atoms with Crippen molar-refractivity contribution < 1.29 is 24.2 Å². The Hall–Kier alpha value is -4.27. The van der Waals surface area contributed by atoms with Crippen molar-refractivity contribution in [3.63, 3.8) is 0 Å². The lowest BCUT2D eigenvalue weighted by Gasteiger charge is -2.22. The lowest BCUT2D eigenvalue weighted by molar-refractivity contribution is -0.122. The number of aromatic nitrogens is 2. The maximum absolute atomic E-state index is 13.4. The average molecular weight is 506 g/mol. The van der Waals surface area contributed by atoms with Crippen LogP contribution in [0.2, 0.25) is 0 Å². The summed E-state index contributed by atoms with van der Waals surface area (Å²) in [4.78, 5) is 33.8. The molecule has 0 saturated heterocycles. The third-order valence-corrected chi connectivity index (χ3v) is 6.16. The first kappa shape index (κ1) is 25.8. The van der Waals surface area contributed by atoms with Crippen LogP contribution in [-0.4, -0.2) is 33.2 Å². The van der Waals surface area contributed by atoms with E-state index in [1.54, 1.807) is 19.1 Å². The van der Waals surface area contributed by atoms with Gasteiger partial charge in [0.25, 0.3) is 0 Å². The Bertz CT molecular complexity index is 1440. The predicted octanol–water partition coefficient (Wildman–Crippen LogP) is 4.67. The van der Waals surface area contributed by atoms with E-state index in [1.165, 1.54) is 19.2 Å². The van der Waals surface area contributed by atoms with Crippen LogP contribution >= 0.6 is 0 Å². The largest absolute Gasteiger partial charge is 0.504 e. The Kier molecular flexibility index (Phi) is 7.52. The van der Waals surface area contributed by atoms with E-state index in [4.69, 9.17) is 9.15 Å². The number of amides is 1. The van der Waals surface area contributed by atoms with Crippen LogP contribution in [0.3, 0.4) is 0 Å². The van der Waals surface area contributed by atoms with Crippen molar-refractivity contribution in [2.45, 2.75) is 45.6 Å². The topological polar surface area (TPSA) is 138 Å². The number of nitrogens with zero attached hydrogens (tertiary/aromatic N) is 1. The predicted molar refractivity (Wildman–Crippen MR) is 139 cm³/mol. The van der Waals surface area contributed by atoms with E-state index in [2.05, 4.69) is 29.1 Å². The molecule has 0 saturated carbocycles. The molecule has 2 atom stereocenters. The fourth-order valence-electron chi connectivity index (χ4n) is 4.42. The first-order valence-electron chi connectivity index (χ1n) is 12.1. The number of carbonyl (C=O) groups is 1. The van der Waals surface area contributed by atoms with Gasteiger partial charge in [-0.05, 0) is 49.1 Å². The first-order chi connectivity index (χ1) is 17.7. The molecular weight excluding hydrogens is 474 g/mol. The van der Waals surface area contributed by atoms with Gasteiger partial charge in [-0.3, -0.25) is 9.59 Å². The summed E-state index contributed by atoms with van der Waals surface area (Å²) in [6, 6.07) is 13.0. The van der Waals surface area contributed by atoms with Gasteiger partial charge in [-0.25, -0.2) is 4.98 Å². The van der Waals surface area contributed by atoms with E-state index in [-0.39, 0.29) is 41.5 Å². The molecule has 4 rings (SSSR count). The van der Waals surface area contributed by atoms with Crippen LogP contribution in [0.1, 0.15) is 61.6 Å². The number of ether oxygens (including phenoxy) is 1. The minimum atomic E-state index is -0.822. The standard InChI is InChI=1S/C28H31N3O6/c1-15(2)11-21(28-30-19-7-5-6-8-20(19)31-28)29-25(34)14-18(17-9-10-22(32)24(13-17)36-4)27-26(35)23(33)12-16(3)37-27/h5-10,12-13,15,18,21,32,35H,11,14H2,1-4H3,(H,29,34)(H,30,31)/t18?,21-/m0/s1. The summed E-state index contributed by atoms with van der Waals surface area (Å²) in [5, 5.41) is 23.7. The normalized spacial score (nSPS) is 13.0. The molecule has 9 nitrogen and oxygen atoms in total. The molecule has 0 bridgehead atoms. The number of methoxy groups -OCH3 is 1. The van der Waals surface area contributed by atoms with Gasteiger partial charge in [-0.1, -0.05) is 32.0 Å². The number of carbonyl (C=O) groups excluding carboxylic acids is 1. The molecule has 194 valence electrons. The number of hydrogen-bond donors (Lipinski definition) is 4. The quantitative estimate of drug-likeness (QED) is 0.259.